The third kappa shape index (κ3) is 5.07. The van der Waals surface area contributed by atoms with Crippen molar-refractivity contribution in [1.82, 2.24) is 4.90 Å². The minimum absolute atomic E-state index is 0.0971. The standard InChI is InChI=1S/C21H33NO2/c1-6-22-12-9-17(10-13-22)11-14-24-20(23)18-7-8-19(16(2)15-18)21(3,4)5/h7-8,15,17H,6,9-14H2,1-5H3. The molecule has 1 aromatic carbocycles. The number of carbonyl (C=O) groups excluding carboxylic acids is 1. The van der Waals surface area contributed by atoms with Crippen molar-refractivity contribution >= 4 is 5.97 Å². The van der Waals surface area contributed by atoms with Gasteiger partial charge in [0.1, 0.15) is 0 Å². The van der Waals surface area contributed by atoms with Gasteiger partial charge in [0.05, 0.1) is 12.2 Å². The van der Waals surface area contributed by atoms with Crippen LogP contribution < -0.4 is 0 Å². The predicted octanol–water partition coefficient (Wildman–Crippen LogP) is 4.57. The molecule has 0 unspecified atom stereocenters. The molecule has 0 radical (unpaired) electrons. The Morgan fingerprint density at radius 1 is 1.25 bits per heavy atom. The molecule has 0 spiro atoms. The number of hydrogen-bond acceptors (Lipinski definition) is 3. The number of esters is 1. The predicted molar refractivity (Wildman–Crippen MR) is 99.6 cm³/mol. The van der Waals surface area contributed by atoms with Gasteiger partial charge in [0, 0.05) is 0 Å². The summed E-state index contributed by atoms with van der Waals surface area (Å²) in [5, 5.41) is 0. The van der Waals surface area contributed by atoms with E-state index in [0.717, 1.165) is 18.5 Å². The van der Waals surface area contributed by atoms with Crippen molar-refractivity contribution in [1.29, 1.82) is 0 Å². The topological polar surface area (TPSA) is 29.5 Å². The quantitative estimate of drug-likeness (QED) is 0.740. The van der Waals surface area contributed by atoms with E-state index in [-0.39, 0.29) is 11.4 Å². The summed E-state index contributed by atoms with van der Waals surface area (Å²) in [6, 6.07) is 5.92. The number of benzene rings is 1. The van der Waals surface area contributed by atoms with E-state index in [1.165, 1.54) is 31.5 Å². The van der Waals surface area contributed by atoms with E-state index in [1.54, 1.807) is 0 Å². The summed E-state index contributed by atoms with van der Waals surface area (Å²) in [6.07, 6.45) is 3.44. The molecule has 24 heavy (non-hydrogen) atoms. The fourth-order valence-corrected chi connectivity index (χ4v) is 3.63. The second-order valence-electron chi connectivity index (χ2n) is 8.08. The number of rotatable bonds is 5. The Labute approximate surface area is 147 Å². The molecular formula is C21H33NO2. The molecule has 3 nitrogen and oxygen atoms in total. The zero-order valence-electron chi connectivity index (χ0n) is 16.0. The molecule has 3 heteroatoms. The van der Waals surface area contributed by atoms with Gasteiger partial charge in [-0.15, -0.1) is 0 Å². The zero-order valence-corrected chi connectivity index (χ0v) is 16.0. The van der Waals surface area contributed by atoms with Crippen LogP contribution >= 0.6 is 0 Å². The lowest BCUT2D eigenvalue weighted by Gasteiger charge is -2.30. The highest BCUT2D eigenvalue weighted by Crippen LogP contribution is 2.26. The molecule has 0 atom stereocenters. The average Bonchev–Trinajstić information content (AvgIpc) is 2.54. The molecule has 1 heterocycles. The van der Waals surface area contributed by atoms with E-state index in [2.05, 4.69) is 45.6 Å². The van der Waals surface area contributed by atoms with Crippen molar-refractivity contribution in [2.75, 3.05) is 26.2 Å². The normalized spacial score (nSPS) is 17.0. The second-order valence-corrected chi connectivity index (χ2v) is 8.08. The molecule has 0 N–H and O–H groups in total. The van der Waals surface area contributed by atoms with Crippen LogP contribution in [0.2, 0.25) is 0 Å². The Morgan fingerprint density at radius 2 is 1.92 bits per heavy atom. The third-order valence-corrected chi connectivity index (χ3v) is 5.18. The van der Waals surface area contributed by atoms with Crippen molar-refractivity contribution in [3.8, 4) is 0 Å². The molecule has 0 amide bonds. The van der Waals surface area contributed by atoms with Crippen molar-refractivity contribution in [2.45, 2.75) is 59.3 Å². The first-order chi connectivity index (χ1) is 11.3. The largest absolute Gasteiger partial charge is 0.462 e. The van der Waals surface area contributed by atoms with Gasteiger partial charge < -0.3 is 9.64 Å². The molecular weight excluding hydrogens is 298 g/mol. The minimum Gasteiger partial charge on any atom is -0.462 e. The van der Waals surface area contributed by atoms with Crippen LogP contribution in [0.15, 0.2) is 18.2 Å². The molecule has 0 saturated carbocycles. The van der Waals surface area contributed by atoms with Gasteiger partial charge in [-0.1, -0.05) is 33.8 Å². The Bertz CT molecular complexity index is 551. The molecule has 0 aliphatic carbocycles. The van der Waals surface area contributed by atoms with Crippen LogP contribution in [0.25, 0.3) is 0 Å². The van der Waals surface area contributed by atoms with Crippen LogP contribution in [-0.4, -0.2) is 37.1 Å². The van der Waals surface area contributed by atoms with Gasteiger partial charge in [-0.25, -0.2) is 4.79 Å². The number of piperidine rings is 1. The maximum absolute atomic E-state index is 12.3. The fourth-order valence-electron chi connectivity index (χ4n) is 3.63. The number of carbonyl (C=O) groups is 1. The van der Waals surface area contributed by atoms with Crippen molar-refractivity contribution < 1.29 is 9.53 Å². The number of aryl methyl sites for hydroxylation is 1. The molecule has 0 bridgehead atoms. The highest BCUT2D eigenvalue weighted by atomic mass is 16.5. The molecule has 1 aliphatic rings. The number of nitrogens with zero attached hydrogens (tertiary/aromatic N) is 1. The molecule has 2 rings (SSSR count). The molecule has 134 valence electrons. The van der Waals surface area contributed by atoms with E-state index in [1.807, 2.05) is 12.1 Å². The van der Waals surface area contributed by atoms with Crippen LogP contribution in [0.1, 0.15) is 68.4 Å². The summed E-state index contributed by atoms with van der Waals surface area (Å²) >= 11 is 0. The van der Waals surface area contributed by atoms with Crippen LogP contribution in [0, 0.1) is 12.8 Å². The zero-order chi connectivity index (χ0) is 17.7. The maximum Gasteiger partial charge on any atom is 0.338 e. The molecule has 0 aromatic heterocycles. The van der Waals surface area contributed by atoms with Gasteiger partial charge in [-0.05, 0) is 80.4 Å². The summed E-state index contributed by atoms with van der Waals surface area (Å²) in [4.78, 5) is 14.8. The molecule has 1 fully saturated rings. The third-order valence-electron chi connectivity index (χ3n) is 5.18. The SMILES string of the molecule is CCN1CCC(CCOC(=O)c2ccc(C(C)(C)C)c(C)c2)CC1. The smallest absolute Gasteiger partial charge is 0.338 e. The van der Waals surface area contributed by atoms with Crippen LogP contribution in [0.3, 0.4) is 0 Å². The maximum atomic E-state index is 12.3. The first-order valence-electron chi connectivity index (χ1n) is 9.32. The highest BCUT2D eigenvalue weighted by Gasteiger charge is 2.20. The van der Waals surface area contributed by atoms with Gasteiger partial charge >= 0.3 is 5.97 Å². The van der Waals surface area contributed by atoms with Crippen LogP contribution in [0.5, 0.6) is 0 Å². The van der Waals surface area contributed by atoms with Gasteiger partial charge in [0.15, 0.2) is 0 Å². The molecule has 1 aliphatic heterocycles. The van der Waals surface area contributed by atoms with Gasteiger partial charge in [0.2, 0.25) is 0 Å². The summed E-state index contributed by atoms with van der Waals surface area (Å²) < 4.78 is 5.51. The van der Waals surface area contributed by atoms with E-state index in [4.69, 9.17) is 4.74 Å². The second kappa shape index (κ2) is 8.15. The Hall–Kier alpha value is -1.35. The number of likely N-dealkylation sites (tertiary alicyclic amines) is 1. The van der Waals surface area contributed by atoms with Gasteiger partial charge in [-0.2, -0.15) is 0 Å². The summed E-state index contributed by atoms with van der Waals surface area (Å²) in [5.41, 5.74) is 3.20. The fraction of sp³-hybridized carbons (Fsp3) is 0.667. The van der Waals surface area contributed by atoms with E-state index in [9.17, 15) is 4.79 Å². The van der Waals surface area contributed by atoms with E-state index < -0.39 is 0 Å². The van der Waals surface area contributed by atoms with Crippen LogP contribution in [-0.2, 0) is 10.2 Å². The summed E-state index contributed by atoms with van der Waals surface area (Å²) in [6.45, 7) is 14.9. The van der Waals surface area contributed by atoms with Crippen LogP contribution in [0.4, 0.5) is 0 Å². The first-order valence-corrected chi connectivity index (χ1v) is 9.32. The van der Waals surface area contributed by atoms with Gasteiger partial charge in [-0.3, -0.25) is 0 Å². The van der Waals surface area contributed by atoms with E-state index in [0.29, 0.717) is 18.1 Å². The summed E-state index contributed by atoms with van der Waals surface area (Å²) in [7, 11) is 0. The average molecular weight is 332 g/mol. The van der Waals surface area contributed by atoms with Gasteiger partial charge in [0.25, 0.3) is 0 Å². The highest BCUT2D eigenvalue weighted by molar-refractivity contribution is 5.89. The lowest BCUT2D eigenvalue weighted by Crippen LogP contribution is -2.33. The number of hydrogen-bond donors (Lipinski definition) is 0. The monoisotopic (exact) mass is 331 g/mol. The Morgan fingerprint density at radius 3 is 2.46 bits per heavy atom. The van der Waals surface area contributed by atoms with Crippen molar-refractivity contribution in [3.05, 3.63) is 34.9 Å². The lowest BCUT2D eigenvalue weighted by molar-refractivity contribution is 0.0464. The number of ether oxygens (including phenoxy) is 1. The Kier molecular flexibility index (Phi) is 6.45. The van der Waals surface area contributed by atoms with Crippen molar-refractivity contribution in [2.24, 2.45) is 5.92 Å². The molecule has 1 saturated heterocycles. The first kappa shape index (κ1) is 19.0. The summed E-state index contributed by atoms with van der Waals surface area (Å²) in [5.74, 6) is 0.509. The van der Waals surface area contributed by atoms with E-state index >= 15 is 0 Å². The molecule has 1 aromatic rings. The lowest BCUT2D eigenvalue weighted by atomic mass is 9.83. The van der Waals surface area contributed by atoms with Crippen molar-refractivity contribution in [3.63, 3.8) is 0 Å². The Balaban J connectivity index is 1.82. The minimum atomic E-state index is -0.190.